The first-order valence-electron chi connectivity index (χ1n) is 5.91. The second-order valence-corrected chi connectivity index (χ2v) is 4.65. The number of rotatable bonds is 3. The highest BCUT2D eigenvalue weighted by Crippen LogP contribution is 2.33. The third-order valence-electron chi connectivity index (χ3n) is 2.78. The normalized spacial score (nSPS) is 11.8. The van der Waals surface area contributed by atoms with Gasteiger partial charge < -0.3 is 5.73 Å². The van der Waals surface area contributed by atoms with Gasteiger partial charge in [-0.2, -0.15) is 13.2 Å². The van der Waals surface area contributed by atoms with Gasteiger partial charge in [0, 0.05) is 0 Å². The average molecular weight is 305 g/mol. The van der Waals surface area contributed by atoms with Crippen LogP contribution in [-0.2, 0) is 12.6 Å². The zero-order valence-corrected chi connectivity index (χ0v) is 11.3. The van der Waals surface area contributed by atoms with E-state index in [4.69, 9.17) is 17.3 Å². The zero-order valence-electron chi connectivity index (χ0n) is 10.6. The molecule has 0 saturated carbocycles. The molecule has 0 saturated heterocycles. The van der Waals surface area contributed by atoms with Crippen molar-refractivity contribution in [2.75, 3.05) is 5.73 Å². The van der Waals surface area contributed by atoms with E-state index in [0.29, 0.717) is 17.8 Å². The topological polar surface area (TPSA) is 56.7 Å². The third kappa shape index (κ3) is 2.72. The molecule has 0 fully saturated rings. The van der Waals surface area contributed by atoms with E-state index in [-0.39, 0.29) is 10.8 Å². The van der Waals surface area contributed by atoms with Gasteiger partial charge in [0.1, 0.15) is 0 Å². The molecule has 0 aliphatic carbocycles. The fourth-order valence-corrected chi connectivity index (χ4v) is 2.09. The standard InChI is InChI=1S/C12H12ClF3N4/c1-2-3-10-11(17)18-19-20(10)9-5-4-7(6-8(9)13)12(14,15)16/h4-6H,2-3,17H2,1H3. The summed E-state index contributed by atoms with van der Waals surface area (Å²) in [5.41, 5.74) is 5.85. The summed E-state index contributed by atoms with van der Waals surface area (Å²) in [6, 6.07) is 3.08. The van der Waals surface area contributed by atoms with Gasteiger partial charge in [-0.15, -0.1) is 5.10 Å². The van der Waals surface area contributed by atoms with E-state index in [9.17, 15) is 13.2 Å². The summed E-state index contributed by atoms with van der Waals surface area (Å²) < 4.78 is 39.2. The lowest BCUT2D eigenvalue weighted by molar-refractivity contribution is -0.137. The van der Waals surface area contributed by atoms with Crippen LogP contribution in [0.4, 0.5) is 19.0 Å². The van der Waals surface area contributed by atoms with Crippen molar-refractivity contribution in [2.45, 2.75) is 25.9 Å². The molecular formula is C12H12ClF3N4. The molecular weight excluding hydrogens is 293 g/mol. The molecule has 4 nitrogen and oxygen atoms in total. The van der Waals surface area contributed by atoms with Crippen LogP contribution in [0.2, 0.25) is 5.02 Å². The van der Waals surface area contributed by atoms with Crippen LogP contribution in [-0.4, -0.2) is 15.0 Å². The molecule has 0 amide bonds. The van der Waals surface area contributed by atoms with Crippen LogP contribution in [0.25, 0.3) is 5.69 Å². The molecule has 1 aromatic heterocycles. The van der Waals surface area contributed by atoms with Crippen molar-refractivity contribution in [1.29, 1.82) is 0 Å². The number of benzene rings is 1. The van der Waals surface area contributed by atoms with Gasteiger partial charge >= 0.3 is 6.18 Å². The molecule has 1 heterocycles. The van der Waals surface area contributed by atoms with Gasteiger partial charge in [0.05, 0.1) is 22.0 Å². The highest BCUT2D eigenvalue weighted by Gasteiger charge is 2.31. The fraction of sp³-hybridized carbons (Fsp3) is 0.333. The molecule has 0 unspecified atom stereocenters. The summed E-state index contributed by atoms with van der Waals surface area (Å²) in [7, 11) is 0. The number of halogens is 4. The Balaban J connectivity index is 2.49. The maximum atomic E-state index is 12.6. The molecule has 0 atom stereocenters. The molecule has 0 aliphatic rings. The van der Waals surface area contributed by atoms with Crippen molar-refractivity contribution < 1.29 is 13.2 Å². The van der Waals surface area contributed by atoms with Crippen LogP contribution in [0.5, 0.6) is 0 Å². The molecule has 1 aromatic carbocycles. The minimum absolute atomic E-state index is 0.0536. The van der Waals surface area contributed by atoms with Crippen molar-refractivity contribution in [1.82, 2.24) is 15.0 Å². The van der Waals surface area contributed by atoms with Crippen LogP contribution in [0.3, 0.4) is 0 Å². The number of hydrogen-bond acceptors (Lipinski definition) is 3. The van der Waals surface area contributed by atoms with Gasteiger partial charge in [-0.25, -0.2) is 4.68 Å². The highest BCUT2D eigenvalue weighted by atomic mass is 35.5. The Morgan fingerprint density at radius 3 is 2.60 bits per heavy atom. The van der Waals surface area contributed by atoms with Crippen molar-refractivity contribution in [2.24, 2.45) is 0 Å². The summed E-state index contributed by atoms with van der Waals surface area (Å²) in [6.07, 6.45) is -3.03. The van der Waals surface area contributed by atoms with Crippen LogP contribution in [0.15, 0.2) is 18.2 Å². The molecule has 108 valence electrons. The Labute approximate surface area is 118 Å². The van der Waals surface area contributed by atoms with E-state index in [1.165, 1.54) is 10.7 Å². The fourth-order valence-electron chi connectivity index (χ4n) is 1.83. The summed E-state index contributed by atoms with van der Waals surface area (Å²) in [5, 5.41) is 7.51. The highest BCUT2D eigenvalue weighted by molar-refractivity contribution is 6.32. The monoisotopic (exact) mass is 304 g/mol. The summed E-state index contributed by atoms with van der Waals surface area (Å²) in [4.78, 5) is 0. The Morgan fingerprint density at radius 1 is 1.35 bits per heavy atom. The maximum Gasteiger partial charge on any atom is 0.416 e. The smallest absolute Gasteiger partial charge is 0.381 e. The Hall–Kier alpha value is -1.76. The lowest BCUT2D eigenvalue weighted by Gasteiger charge is -2.11. The maximum absolute atomic E-state index is 12.6. The van der Waals surface area contributed by atoms with E-state index in [1.807, 2.05) is 6.92 Å². The first-order valence-corrected chi connectivity index (χ1v) is 6.29. The molecule has 20 heavy (non-hydrogen) atoms. The third-order valence-corrected chi connectivity index (χ3v) is 3.09. The van der Waals surface area contributed by atoms with E-state index in [0.717, 1.165) is 18.6 Å². The number of aromatic nitrogens is 3. The second kappa shape index (κ2) is 5.32. The number of nitrogens with zero attached hydrogens (tertiary/aromatic N) is 3. The molecule has 0 aliphatic heterocycles. The molecule has 0 bridgehead atoms. The van der Waals surface area contributed by atoms with Crippen molar-refractivity contribution in [3.63, 3.8) is 0 Å². The van der Waals surface area contributed by atoms with Gasteiger partial charge in [0.15, 0.2) is 5.82 Å². The van der Waals surface area contributed by atoms with E-state index < -0.39 is 11.7 Å². The van der Waals surface area contributed by atoms with Gasteiger partial charge in [0.2, 0.25) is 0 Å². The number of nitrogens with two attached hydrogens (primary N) is 1. The number of hydrogen-bond donors (Lipinski definition) is 1. The minimum Gasteiger partial charge on any atom is -0.381 e. The SMILES string of the molecule is CCCc1c(N)nnn1-c1ccc(C(F)(F)F)cc1Cl. The van der Waals surface area contributed by atoms with Crippen LogP contribution in [0.1, 0.15) is 24.6 Å². The first kappa shape index (κ1) is 14.6. The molecule has 2 N–H and O–H groups in total. The summed E-state index contributed by atoms with van der Waals surface area (Å²) in [5.74, 6) is 0.253. The van der Waals surface area contributed by atoms with Gasteiger partial charge in [-0.05, 0) is 24.6 Å². The first-order chi connectivity index (χ1) is 9.34. The number of alkyl halides is 3. The van der Waals surface area contributed by atoms with Gasteiger partial charge in [0.25, 0.3) is 0 Å². The number of anilines is 1. The molecule has 0 spiro atoms. The lowest BCUT2D eigenvalue weighted by atomic mass is 10.2. The Morgan fingerprint density at radius 2 is 2.05 bits per heavy atom. The van der Waals surface area contributed by atoms with Gasteiger partial charge in [-0.3, -0.25) is 0 Å². The van der Waals surface area contributed by atoms with E-state index >= 15 is 0 Å². The lowest BCUT2D eigenvalue weighted by Crippen LogP contribution is -2.08. The van der Waals surface area contributed by atoms with Crippen molar-refractivity contribution >= 4 is 17.4 Å². The van der Waals surface area contributed by atoms with E-state index in [2.05, 4.69) is 10.3 Å². The summed E-state index contributed by atoms with van der Waals surface area (Å²) in [6.45, 7) is 1.95. The number of nitrogen functional groups attached to an aromatic ring is 1. The molecule has 2 rings (SSSR count). The average Bonchev–Trinajstić information content (AvgIpc) is 2.71. The molecule has 2 aromatic rings. The van der Waals surface area contributed by atoms with Crippen LogP contribution >= 0.6 is 11.6 Å². The van der Waals surface area contributed by atoms with Crippen LogP contribution < -0.4 is 5.73 Å². The van der Waals surface area contributed by atoms with Crippen molar-refractivity contribution in [3.05, 3.63) is 34.5 Å². The second-order valence-electron chi connectivity index (χ2n) is 4.25. The zero-order chi connectivity index (χ0) is 14.9. The van der Waals surface area contributed by atoms with Crippen LogP contribution in [0, 0.1) is 0 Å². The molecule has 0 radical (unpaired) electrons. The van der Waals surface area contributed by atoms with E-state index in [1.54, 1.807) is 0 Å². The predicted molar refractivity (Wildman–Crippen MR) is 69.8 cm³/mol. The minimum atomic E-state index is -4.43. The Bertz CT molecular complexity index is 622. The predicted octanol–water partition coefficient (Wildman–Crippen LogP) is 3.47. The van der Waals surface area contributed by atoms with Gasteiger partial charge in [-0.1, -0.05) is 30.2 Å². The largest absolute Gasteiger partial charge is 0.416 e. The molecule has 8 heteroatoms. The summed E-state index contributed by atoms with van der Waals surface area (Å²) >= 11 is 5.92. The Kier molecular flexibility index (Phi) is 3.89. The quantitative estimate of drug-likeness (QED) is 0.944. The van der Waals surface area contributed by atoms with Crippen molar-refractivity contribution in [3.8, 4) is 5.69 Å².